The summed E-state index contributed by atoms with van der Waals surface area (Å²) < 4.78 is 17.4. The maximum atomic E-state index is 6.23. The van der Waals surface area contributed by atoms with Gasteiger partial charge < -0.3 is 13.9 Å². The molecule has 136 valence electrons. The summed E-state index contributed by atoms with van der Waals surface area (Å²) in [5.41, 5.74) is 3.30. The molecule has 5 rings (SSSR count). The predicted octanol–water partition coefficient (Wildman–Crippen LogP) is 4.92. The van der Waals surface area contributed by atoms with Crippen LogP contribution in [0.1, 0.15) is 42.5 Å². The van der Waals surface area contributed by atoms with Gasteiger partial charge in [-0.05, 0) is 55.0 Å². The predicted molar refractivity (Wildman–Crippen MR) is 102 cm³/mol. The SMILES string of the molecule is CCOc1ccc(C2=NN3C(C2)c2ccccc2OC3c2ccco2)cc1. The van der Waals surface area contributed by atoms with Crippen LogP contribution in [0, 0.1) is 0 Å². The van der Waals surface area contributed by atoms with Crippen molar-refractivity contribution < 1.29 is 13.9 Å². The molecule has 0 amide bonds. The minimum Gasteiger partial charge on any atom is -0.494 e. The number of hydrogen-bond donors (Lipinski definition) is 0. The van der Waals surface area contributed by atoms with Gasteiger partial charge in [0.1, 0.15) is 11.5 Å². The van der Waals surface area contributed by atoms with Crippen LogP contribution in [0.2, 0.25) is 0 Å². The van der Waals surface area contributed by atoms with Crippen molar-refractivity contribution in [3.8, 4) is 11.5 Å². The fourth-order valence-electron chi connectivity index (χ4n) is 3.74. The number of furan rings is 1. The Kier molecular flexibility index (Phi) is 3.85. The molecule has 5 heteroatoms. The molecule has 2 unspecified atom stereocenters. The first kappa shape index (κ1) is 16.0. The minimum atomic E-state index is -0.361. The van der Waals surface area contributed by atoms with Crippen molar-refractivity contribution in [2.75, 3.05) is 6.61 Å². The van der Waals surface area contributed by atoms with Gasteiger partial charge in [-0.15, -0.1) is 0 Å². The average molecular weight is 360 g/mol. The summed E-state index contributed by atoms with van der Waals surface area (Å²) in [6.07, 6.45) is 2.13. The van der Waals surface area contributed by atoms with Crippen LogP contribution in [0.4, 0.5) is 0 Å². The summed E-state index contributed by atoms with van der Waals surface area (Å²) in [6.45, 7) is 2.65. The number of hydrogen-bond acceptors (Lipinski definition) is 5. The van der Waals surface area contributed by atoms with Gasteiger partial charge in [0, 0.05) is 12.0 Å². The lowest BCUT2D eigenvalue weighted by Crippen LogP contribution is -2.33. The number of ether oxygens (including phenoxy) is 2. The van der Waals surface area contributed by atoms with Crippen LogP contribution < -0.4 is 9.47 Å². The fourth-order valence-corrected chi connectivity index (χ4v) is 3.74. The largest absolute Gasteiger partial charge is 0.494 e. The zero-order chi connectivity index (χ0) is 18.2. The molecule has 2 aliphatic rings. The number of benzene rings is 2. The smallest absolute Gasteiger partial charge is 0.246 e. The van der Waals surface area contributed by atoms with Crippen molar-refractivity contribution in [2.24, 2.45) is 5.10 Å². The molecule has 3 aromatic rings. The highest BCUT2D eigenvalue weighted by Crippen LogP contribution is 2.47. The Hall–Kier alpha value is -3.21. The lowest BCUT2D eigenvalue weighted by Gasteiger charge is -2.36. The first-order chi connectivity index (χ1) is 13.3. The zero-order valence-electron chi connectivity index (χ0n) is 15.0. The number of hydrazone groups is 1. The van der Waals surface area contributed by atoms with Crippen molar-refractivity contribution in [3.05, 3.63) is 83.8 Å². The van der Waals surface area contributed by atoms with Gasteiger partial charge in [0.2, 0.25) is 6.23 Å². The Labute approximate surface area is 157 Å². The van der Waals surface area contributed by atoms with E-state index in [1.807, 2.05) is 54.4 Å². The van der Waals surface area contributed by atoms with E-state index in [1.165, 1.54) is 0 Å². The number of fused-ring (bicyclic) bond motifs is 3. The molecule has 3 heterocycles. The number of rotatable bonds is 4. The standard InChI is InChI=1S/C22H20N2O3/c1-2-25-16-11-9-15(10-12-16)18-14-19-17-6-3-4-7-20(17)27-22(24(19)23-18)21-8-5-13-26-21/h3-13,19,22H,2,14H2,1H3. The molecule has 0 saturated heterocycles. The Morgan fingerprint density at radius 2 is 1.93 bits per heavy atom. The maximum Gasteiger partial charge on any atom is 0.246 e. The molecule has 0 saturated carbocycles. The third-order valence-electron chi connectivity index (χ3n) is 4.98. The van der Waals surface area contributed by atoms with Crippen LogP contribution in [-0.2, 0) is 0 Å². The van der Waals surface area contributed by atoms with Crippen molar-refractivity contribution >= 4 is 5.71 Å². The molecule has 1 aromatic heterocycles. The average Bonchev–Trinajstić information content (AvgIpc) is 3.39. The Morgan fingerprint density at radius 3 is 2.70 bits per heavy atom. The van der Waals surface area contributed by atoms with Gasteiger partial charge in [-0.3, -0.25) is 0 Å². The van der Waals surface area contributed by atoms with Crippen LogP contribution in [0.25, 0.3) is 0 Å². The Bertz CT molecular complexity index is 963. The van der Waals surface area contributed by atoms with E-state index in [9.17, 15) is 0 Å². The van der Waals surface area contributed by atoms with Crippen molar-refractivity contribution in [1.29, 1.82) is 0 Å². The summed E-state index contributed by atoms with van der Waals surface area (Å²) in [5, 5.41) is 6.94. The van der Waals surface area contributed by atoms with Crippen LogP contribution in [0.3, 0.4) is 0 Å². The summed E-state index contributed by atoms with van der Waals surface area (Å²) >= 11 is 0. The molecule has 0 bridgehead atoms. The summed E-state index contributed by atoms with van der Waals surface area (Å²) in [7, 11) is 0. The Balaban J connectivity index is 1.52. The molecular formula is C22H20N2O3. The first-order valence-electron chi connectivity index (χ1n) is 9.21. The molecule has 0 spiro atoms. The van der Waals surface area contributed by atoms with Crippen LogP contribution in [0.5, 0.6) is 11.5 Å². The summed E-state index contributed by atoms with van der Waals surface area (Å²) in [5.74, 6) is 2.52. The van der Waals surface area contributed by atoms with Crippen LogP contribution in [-0.4, -0.2) is 17.3 Å². The topological polar surface area (TPSA) is 47.2 Å². The van der Waals surface area contributed by atoms with E-state index in [2.05, 4.69) is 18.2 Å². The molecule has 5 nitrogen and oxygen atoms in total. The van der Waals surface area contributed by atoms with Crippen molar-refractivity contribution in [3.63, 3.8) is 0 Å². The third-order valence-corrected chi connectivity index (χ3v) is 4.98. The highest BCUT2D eigenvalue weighted by Gasteiger charge is 2.41. The minimum absolute atomic E-state index is 0.131. The van der Waals surface area contributed by atoms with Crippen molar-refractivity contribution in [1.82, 2.24) is 5.01 Å². The molecule has 0 aliphatic carbocycles. The number of para-hydroxylation sites is 1. The molecule has 0 N–H and O–H groups in total. The lowest BCUT2D eigenvalue weighted by molar-refractivity contribution is -0.0325. The number of nitrogens with zero attached hydrogens (tertiary/aromatic N) is 2. The summed E-state index contributed by atoms with van der Waals surface area (Å²) in [4.78, 5) is 0. The molecular weight excluding hydrogens is 340 g/mol. The van der Waals surface area contributed by atoms with Gasteiger partial charge in [0.05, 0.1) is 24.6 Å². The molecule has 27 heavy (non-hydrogen) atoms. The molecule has 2 aliphatic heterocycles. The van der Waals surface area contributed by atoms with Gasteiger partial charge >= 0.3 is 0 Å². The summed E-state index contributed by atoms with van der Waals surface area (Å²) in [6, 6.07) is 20.2. The van der Waals surface area contributed by atoms with E-state index >= 15 is 0 Å². The van der Waals surface area contributed by atoms with E-state index in [0.29, 0.717) is 6.61 Å². The van der Waals surface area contributed by atoms with Gasteiger partial charge in [0.15, 0.2) is 5.76 Å². The van der Waals surface area contributed by atoms with E-state index < -0.39 is 0 Å². The third kappa shape index (κ3) is 2.76. The van der Waals surface area contributed by atoms with E-state index in [4.69, 9.17) is 19.0 Å². The first-order valence-corrected chi connectivity index (χ1v) is 9.21. The normalized spacial score (nSPS) is 20.5. The van der Waals surface area contributed by atoms with Gasteiger partial charge in [-0.2, -0.15) is 5.10 Å². The monoisotopic (exact) mass is 360 g/mol. The highest BCUT2D eigenvalue weighted by molar-refractivity contribution is 6.02. The maximum absolute atomic E-state index is 6.23. The highest BCUT2D eigenvalue weighted by atomic mass is 16.5. The van der Waals surface area contributed by atoms with E-state index in [-0.39, 0.29) is 12.3 Å². The second-order valence-corrected chi connectivity index (χ2v) is 6.63. The second kappa shape index (κ2) is 6.50. The van der Waals surface area contributed by atoms with E-state index in [0.717, 1.165) is 40.5 Å². The molecule has 0 fully saturated rings. The second-order valence-electron chi connectivity index (χ2n) is 6.63. The van der Waals surface area contributed by atoms with Crippen LogP contribution in [0.15, 0.2) is 76.4 Å². The van der Waals surface area contributed by atoms with Crippen molar-refractivity contribution in [2.45, 2.75) is 25.6 Å². The Morgan fingerprint density at radius 1 is 1.07 bits per heavy atom. The van der Waals surface area contributed by atoms with Crippen LogP contribution >= 0.6 is 0 Å². The van der Waals surface area contributed by atoms with Gasteiger partial charge in [0.25, 0.3) is 0 Å². The molecule has 2 aromatic carbocycles. The zero-order valence-corrected chi connectivity index (χ0v) is 15.0. The quantitative estimate of drug-likeness (QED) is 0.662. The fraction of sp³-hybridized carbons (Fsp3) is 0.227. The van der Waals surface area contributed by atoms with Gasteiger partial charge in [-0.1, -0.05) is 18.2 Å². The molecule has 2 atom stereocenters. The molecule has 0 radical (unpaired) electrons. The van der Waals surface area contributed by atoms with E-state index in [1.54, 1.807) is 6.26 Å². The van der Waals surface area contributed by atoms with Gasteiger partial charge in [-0.25, -0.2) is 5.01 Å². The lowest BCUT2D eigenvalue weighted by atomic mass is 9.96.